The molecule has 0 aliphatic rings. The largest absolute Gasteiger partial charge is 0.289 e. The molecule has 0 fully saturated rings. The average molecular weight is 210 g/mol. The number of hydrogen-bond donors (Lipinski definition) is 1. The Hall–Kier alpha value is -0.990. The molecule has 3 nitrogen and oxygen atoms in total. The molecule has 0 aliphatic carbocycles. The second-order valence-electron chi connectivity index (χ2n) is 5.01. The summed E-state index contributed by atoms with van der Waals surface area (Å²) < 4.78 is 1.98. The third-order valence-corrected chi connectivity index (χ3v) is 2.63. The van der Waals surface area contributed by atoms with E-state index in [2.05, 4.69) is 39.7 Å². The Morgan fingerprint density at radius 3 is 2.27 bits per heavy atom. The van der Waals surface area contributed by atoms with Crippen LogP contribution in [0.4, 0.5) is 0 Å². The minimum Gasteiger partial charge on any atom is -0.289 e. The maximum absolute atomic E-state index is 11.9. The van der Waals surface area contributed by atoms with Crippen LogP contribution in [0.25, 0.3) is 0 Å². The van der Waals surface area contributed by atoms with E-state index in [1.807, 2.05) is 4.68 Å². The lowest BCUT2D eigenvalue weighted by molar-refractivity contribution is 0.563. The molecule has 0 saturated carbocycles. The lowest BCUT2D eigenvalue weighted by atomic mass is 9.86. The number of hydrogen-bond acceptors (Lipinski definition) is 1. The van der Waals surface area contributed by atoms with Crippen LogP contribution in [0.3, 0.4) is 0 Å². The molecule has 0 aliphatic heterocycles. The van der Waals surface area contributed by atoms with E-state index in [9.17, 15) is 4.79 Å². The Labute approximate surface area is 91.5 Å². The summed E-state index contributed by atoms with van der Waals surface area (Å²) in [6, 6.07) is 0. The summed E-state index contributed by atoms with van der Waals surface area (Å²) in [5, 5.41) is 2.92. The predicted octanol–water partition coefficient (Wildman–Crippen LogP) is 2.45. The first kappa shape index (κ1) is 12.1. The van der Waals surface area contributed by atoms with Crippen molar-refractivity contribution >= 4 is 0 Å². The quantitative estimate of drug-likeness (QED) is 0.817. The van der Waals surface area contributed by atoms with Crippen molar-refractivity contribution in [2.45, 2.75) is 59.4 Å². The van der Waals surface area contributed by atoms with Crippen LogP contribution in [0.1, 0.15) is 52.3 Å². The number of nitrogens with zero attached hydrogens (tertiary/aromatic N) is 1. The Morgan fingerprint density at radius 1 is 1.27 bits per heavy atom. The zero-order valence-corrected chi connectivity index (χ0v) is 10.5. The second kappa shape index (κ2) is 4.25. The highest BCUT2D eigenvalue weighted by molar-refractivity contribution is 5.26. The van der Waals surface area contributed by atoms with Gasteiger partial charge in [0, 0.05) is 17.8 Å². The number of aromatic amines is 1. The highest BCUT2D eigenvalue weighted by Gasteiger charge is 2.24. The van der Waals surface area contributed by atoms with E-state index < -0.39 is 0 Å². The highest BCUT2D eigenvalue weighted by atomic mass is 16.1. The Bertz CT molecular complexity index is 379. The van der Waals surface area contributed by atoms with Crippen LogP contribution in [-0.2, 0) is 18.4 Å². The van der Waals surface area contributed by atoms with E-state index >= 15 is 0 Å². The first-order valence-corrected chi connectivity index (χ1v) is 5.74. The molecule has 0 atom stereocenters. The Morgan fingerprint density at radius 2 is 1.87 bits per heavy atom. The van der Waals surface area contributed by atoms with Crippen LogP contribution in [0, 0.1) is 0 Å². The van der Waals surface area contributed by atoms with Gasteiger partial charge in [-0.25, -0.2) is 0 Å². The molecule has 1 rings (SSSR count). The second-order valence-corrected chi connectivity index (χ2v) is 5.01. The van der Waals surface area contributed by atoms with Gasteiger partial charge >= 0.3 is 0 Å². The van der Waals surface area contributed by atoms with E-state index in [1.165, 1.54) is 5.69 Å². The van der Waals surface area contributed by atoms with Crippen LogP contribution < -0.4 is 5.56 Å². The van der Waals surface area contributed by atoms with Crippen molar-refractivity contribution in [3.05, 3.63) is 21.6 Å². The molecule has 0 aromatic carbocycles. The SMILES string of the molecule is CCCc1c(C(C)(C)C)c(=O)[nH]n1CC. The number of aryl methyl sites for hydroxylation is 1. The molecule has 0 radical (unpaired) electrons. The fourth-order valence-electron chi connectivity index (χ4n) is 2.05. The molecule has 0 bridgehead atoms. The molecular formula is C12H22N2O. The summed E-state index contributed by atoms with van der Waals surface area (Å²) in [5.41, 5.74) is 2.13. The van der Waals surface area contributed by atoms with Gasteiger partial charge in [-0.05, 0) is 18.8 Å². The maximum Gasteiger partial charge on any atom is 0.268 e. The molecule has 1 aromatic heterocycles. The van der Waals surface area contributed by atoms with Gasteiger partial charge in [0.05, 0.1) is 0 Å². The van der Waals surface area contributed by atoms with E-state index in [4.69, 9.17) is 0 Å². The molecule has 0 saturated heterocycles. The summed E-state index contributed by atoms with van der Waals surface area (Å²) in [4.78, 5) is 11.9. The van der Waals surface area contributed by atoms with Crippen molar-refractivity contribution in [1.82, 2.24) is 9.78 Å². The molecule has 0 unspecified atom stereocenters. The van der Waals surface area contributed by atoms with Crippen LogP contribution in [0.5, 0.6) is 0 Å². The zero-order chi connectivity index (χ0) is 11.6. The smallest absolute Gasteiger partial charge is 0.268 e. The minimum atomic E-state index is -0.0709. The lowest BCUT2D eigenvalue weighted by Crippen LogP contribution is -2.22. The monoisotopic (exact) mass is 210 g/mol. The molecule has 86 valence electrons. The molecule has 15 heavy (non-hydrogen) atoms. The molecule has 1 N–H and O–H groups in total. The van der Waals surface area contributed by atoms with Gasteiger partial charge in [0.15, 0.2) is 0 Å². The summed E-state index contributed by atoms with van der Waals surface area (Å²) >= 11 is 0. The number of nitrogens with one attached hydrogen (secondary N) is 1. The first-order chi connectivity index (χ1) is 6.91. The van der Waals surface area contributed by atoms with Crippen molar-refractivity contribution in [2.24, 2.45) is 0 Å². The number of aromatic nitrogens is 2. The third kappa shape index (κ3) is 2.33. The van der Waals surface area contributed by atoms with Gasteiger partial charge in [-0.1, -0.05) is 34.1 Å². The molecule has 1 heterocycles. The summed E-state index contributed by atoms with van der Waals surface area (Å²) in [6.07, 6.45) is 2.04. The van der Waals surface area contributed by atoms with Gasteiger partial charge in [-0.15, -0.1) is 0 Å². The predicted molar refractivity (Wildman–Crippen MR) is 63.4 cm³/mol. The van der Waals surface area contributed by atoms with Crippen molar-refractivity contribution in [3.8, 4) is 0 Å². The van der Waals surface area contributed by atoms with Gasteiger partial charge in [0.2, 0.25) is 0 Å². The molecule has 3 heteroatoms. The van der Waals surface area contributed by atoms with E-state index in [1.54, 1.807) is 0 Å². The topological polar surface area (TPSA) is 37.8 Å². The van der Waals surface area contributed by atoms with Gasteiger partial charge in [0.25, 0.3) is 5.56 Å². The number of H-pyrrole nitrogens is 1. The van der Waals surface area contributed by atoms with Crippen LogP contribution in [0.2, 0.25) is 0 Å². The van der Waals surface area contributed by atoms with Crippen molar-refractivity contribution in [3.63, 3.8) is 0 Å². The van der Waals surface area contributed by atoms with Crippen LogP contribution in [-0.4, -0.2) is 9.78 Å². The standard InChI is InChI=1S/C12H22N2O/c1-6-8-9-10(12(3,4)5)11(15)13-14(9)7-2/h6-8H2,1-5H3,(H,13,15). The molecule has 0 spiro atoms. The van der Waals surface area contributed by atoms with E-state index in [-0.39, 0.29) is 11.0 Å². The zero-order valence-electron chi connectivity index (χ0n) is 10.5. The number of rotatable bonds is 3. The van der Waals surface area contributed by atoms with Crippen LogP contribution in [0.15, 0.2) is 4.79 Å². The highest BCUT2D eigenvalue weighted by Crippen LogP contribution is 2.23. The summed E-state index contributed by atoms with van der Waals surface area (Å²) in [7, 11) is 0. The summed E-state index contributed by atoms with van der Waals surface area (Å²) in [6.45, 7) is 11.3. The molecule has 0 amide bonds. The first-order valence-electron chi connectivity index (χ1n) is 5.74. The van der Waals surface area contributed by atoms with Crippen molar-refractivity contribution < 1.29 is 0 Å². The maximum atomic E-state index is 11.9. The molecule has 1 aromatic rings. The van der Waals surface area contributed by atoms with Crippen molar-refractivity contribution in [2.75, 3.05) is 0 Å². The van der Waals surface area contributed by atoms with Gasteiger partial charge in [-0.2, -0.15) is 0 Å². The van der Waals surface area contributed by atoms with E-state index in [0.29, 0.717) is 0 Å². The minimum absolute atomic E-state index is 0.0709. The Balaban J connectivity index is 3.35. The van der Waals surface area contributed by atoms with Crippen molar-refractivity contribution in [1.29, 1.82) is 0 Å². The third-order valence-electron chi connectivity index (χ3n) is 2.63. The lowest BCUT2D eigenvalue weighted by Gasteiger charge is -2.18. The van der Waals surface area contributed by atoms with Gasteiger partial charge in [-0.3, -0.25) is 14.6 Å². The fourth-order valence-corrected chi connectivity index (χ4v) is 2.05. The fraction of sp³-hybridized carbons (Fsp3) is 0.750. The summed E-state index contributed by atoms with van der Waals surface area (Å²) in [5.74, 6) is 0. The van der Waals surface area contributed by atoms with Crippen LogP contribution >= 0.6 is 0 Å². The van der Waals surface area contributed by atoms with Gasteiger partial charge in [0.1, 0.15) is 0 Å². The van der Waals surface area contributed by atoms with Gasteiger partial charge < -0.3 is 0 Å². The van der Waals surface area contributed by atoms with E-state index in [0.717, 1.165) is 24.9 Å². The molecular weight excluding hydrogens is 188 g/mol. The Kier molecular flexibility index (Phi) is 3.42. The normalized spacial score (nSPS) is 12.1. The average Bonchev–Trinajstić information content (AvgIpc) is 2.42.